The minimum atomic E-state index is -0.695. The number of pyridine rings is 1. The fourth-order valence-corrected chi connectivity index (χ4v) is 4.75. The van der Waals surface area contributed by atoms with E-state index in [4.69, 9.17) is 4.74 Å². The fourth-order valence-electron chi connectivity index (χ4n) is 3.46. The molecule has 8 heteroatoms. The number of nitriles is 1. The van der Waals surface area contributed by atoms with Crippen LogP contribution in [-0.4, -0.2) is 18.5 Å². The Morgan fingerprint density at radius 1 is 1.38 bits per heavy atom. The lowest BCUT2D eigenvalue weighted by Crippen LogP contribution is -2.26. The number of fused-ring (bicyclic) bond motifs is 1. The number of aromatic nitrogens is 1. The lowest BCUT2D eigenvalue weighted by Gasteiger charge is -2.33. The van der Waals surface area contributed by atoms with E-state index in [1.54, 1.807) is 0 Å². The van der Waals surface area contributed by atoms with Gasteiger partial charge in [0.15, 0.2) is 19.0 Å². The van der Waals surface area contributed by atoms with Gasteiger partial charge in [-0.1, -0.05) is 20.8 Å². The summed E-state index contributed by atoms with van der Waals surface area (Å²) in [5, 5.41) is 23.8. The summed E-state index contributed by atoms with van der Waals surface area (Å²) in [4.78, 5) is 25.4. The van der Waals surface area contributed by atoms with E-state index in [9.17, 15) is 20.1 Å². The first-order chi connectivity index (χ1) is 13.7. The third-order valence-corrected chi connectivity index (χ3v) is 6.40. The van der Waals surface area contributed by atoms with Crippen molar-refractivity contribution in [3.63, 3.8) is 0 Å². The zero-order chi connectivity index (χ0) is 21.2. The van der Waals surface area contributed by atoms with Crippen molar-refractivity contribution in [2.45, 2.75) is 40.0 Å². The topological polar surface area (TPSA) is 106 Å². The van der Waals surface area contributed by atoms with Crippen LogP contribution in [0, 0.1) is 27.9 Å². The van der Waals surface area contributed by atoms with Crippen molar-refractivity contribution in [1.82, 2.24) is 0 Å². The van der Waals surface area contributed by atoms with E-state index in [1.165, 1.54) is 35.9 Å². The molecule has 2 heterocycles. The van der Waals surface area contributed by atoms with E-state index >= 15 is 0 Å². The lowest BCUT2D eigenvalue weighted by atomic mass is 9.72. The zero-order valence-electron chi connectivity index (χ0n) is 16.7. The van der Waals surface area contributed by atoms with Crippen LogP contribution in [-0.2, 0) is 22.4 Å². The van der Waals surface area contributed by atoms with Gasteiger partial charge in [-0.25, -0.2) is 4.79 Å². The summed E-state index contributed by atoms with van der Waals surface area (Å²) in [6.45, 7) is 6.20. The van der Waals surface area contributed by atoms with Gasteiger partial charge in [-0.05, 0) is 36.2 Å². The number of hydrogen-bond acceptors (Lipinski definition) is 6. The highest BCUT2D eigenvalue weighted by Crippen LogP contribution is 2.43. The second-order valence-electron chi connectivity index (χ2n) is 8.20. The third kappa shape index (κ3) is 4.74. The molecule has 0 spiro atoms. The van der Waals surface area contributed by atoms with Crippen molar-refractivity contribution < 1.29 is 19.1 Å². The highest BCUT2D eigenvalue weighted by molar-refractivity contribution is 7.16. The highest BCUT2D eigenvalue weighted by Gasteiger charge is 2.32. The molecule has 7 nitrogen and oxygen atoms in total. The molecule has 1 aliphatic carbocycles. The predicted molar refractivity (Wildman–Crippen MR) is 108 cm³/mol. The van der Waals surface area contributed by atoms with Crippen LogP contribution in [0.15, 0.2) is 24.5 Å². The van der Waals surface area contributed by atoms with Gasteiger partial charge in [0.1, 0.15) is 11.1 Å². The number of rotatable bonds is 4. The van der Waals surface area contributed by atoms with Gasteiger partial charge in [0.05, 0.1) is 11.1 Å². The number of amides is 1. The molecule has 0 aliphatic heterocycles. The standard InChI is InChI=1S/C21H23N3O4S/c1-21(2,3)14-4-5-15-16(11-22)19(29-17(15)10-14)23-18(25)12-28-20(26)13-6-8-24(27)9-7-13/h6-9,14H,4-5,10,12H2,1-3H3,(H,23,25)/t14-/m1/s1. The number of esters is 1. The summed E-state index contributed by atoms with van der Waals surface area (Å²) in [7, 11) is 0. The van der Waals surface area contributed by atoms with Gasteiger partial charge in [0.25, 0.3) is 5.91 Å². The third-order valence-electron chi connectivity index (χ3n) is 5.23. The first-order valence-electron chi connectivity index (χ1n) is 9.39. The summed E-state index contributed by atoms with van der Waals surface area (Å²) in [6.07, 6.45) is 5.10. The van der Waals surface area contributed by atoms with Crippen molar-refractivity contribution in [2.24, 2.45) is 11.3 Å². The Bertz CT molecular complexity index is 968. The number of nitrogens with zero attached hydrogens (tertiary/aromatic N) is 2. The molecule has 0 radical (unpaired) electrons. The SMILES string of the molecule is CC(C)(C)[C@@H]1CCc2c(sc(NC(=O)COC(=O)c3cc[n+]([O-])cc3)c2C#N)C1. The second kappa shape index (κ2) is 8.21. The van der Waals surface area contributed by atoms with Gasteiger partial charge in [0, 0.05) is 17.0 Å². The second-order valence-corrected chi connectivity index (χ2v) is 9.30. The van der Waals surface area contributed by atoms with Gasteiger partial charge in [-0.15, -0.1) is 11.3 Å². The molecule has 29 heavy (non-hydrogen) atoms. The lowest BCUT2D eigenvalue weighted by molar-refractivity contribution is -0.605. The molecule has 0 bridgehead atoms. The fraction of sp³-hybridized carbons (Fsp3) is 0.429. The molecule has 0 fully saturated rings. The van der Waals surface area contributed by atoms with Crippen LogP contribution in [0.25, 0.3) is 0 Å². The van der Waals surface area contributed by atoms with Crippen LogP contribution < -0.4 is 10.0 Å². The van der Waals surface area contributed by atoms with Gasteiger partial charge in [-0.3, -0.25) is 4.79 Å². The Morgan fingerprint density at radius 2 is 2.07 bits per heavy atom. The molecule has 2 aromatic rings. The van der Waals surface area contributed by atoms with Crippen molar-refractivity contribution in [3.8, 4) is 6.07 Å². The number of carbonyl (C=O) groups is 2. The summed E-state index contributed by atoms with van der Waals surface area (Å²) < 4.78 is 5.55. The molecule has 1 aliphatic rings. The van der Waals surface area contributed by atoms with E-state index in [1.807, 2.05) is 0 Å². The van der Waals surface area contributed by atoms with Crippen LogP contribution >= 0.6 is 11.3 Å². The molecule has 152 valence electrons. The zero-order valence-corrected chi connectivity index (χ0v) is 17.5. The van der Waals surface area contributed by atoms with E-state index in [2.05, 4.69) is 32.2 Å². The number of ether oxygens (including phenoxy) is 1. The average molecular weight is 413 g/mol. The van der Waals surface area contributed by atoms with Gasteiger partial charge in [-0.2, -0.15) is 9.99 Å². The number of hydrogen-bond donors (Lipinski definition) is 1. The first-order valence-corrected chi connectivity index (χ1v) is 10.2. The smallest absolute Gasteiger partial charge is 0.339 e. The average Bonchev–Trinajstić information content (AvgIpc) is 3.02. The molecule has 1 N–H and O–H groups in total. The Morgan fingerprint density at radius 3 is 2.69 bits per heavy atom. The number of anilines is 1. The normalized spacial score (nSPS) is 15.9. The maximum Gasteiger partial charge on any atom is 0.339 e. The van der Waals surface area contributed by atoms with Crippen molar-refractivity contribution in [1.29, 1.82) is 5.26 Å². The molecule has 0 saturated carbocycles. The maximum absolute atomic E-state index is 12.3. The number of carbonyl (C=O) groups excluding carboxylic acids is 2. The van der Waals surface area contributed by atoms with Crippen LogP contribution in [0.5, 0.6) is 0 Å². The Balaban J connectivity index is 1.65. The first kappa shape index (κ1) is 20.8. The van der Waals surface area contributed by atoms with Crippen LogP contribution in [0.1, 0.15) is 53.6 Å². The van der Waals surface area contributed by atoms with Crippen LogP contribution in [0.4, 0.5) is 5.00 Å². The van der Waals surface area contributed by atoms with Gasteiger partial charge >= 0.3 is 5.97 Å². The molecule has 0 saturated heterocycles. The molecule has 1 amide bonds. The van der Waals surface area contributed by atoms with E-state index in [0.717, 1.165) is 29.7 Å². The van der Waals surface area contributed by atoms with Crippen LogP contribution in [0.2, 0.25) is 0 Å². The molecule has 0 aromatic carbocycles. The van der Waals surface area contributed by atoms with Gasteiger partial charge in [0.2, 0.25) is 0 Å². The molecule has 3 rings (SSSR count). The van der Waals surface area contributed by atoms with E-state index < -0.39 is 18.5 Å². The van der Waals surface area contributed by atoms with Crippen molar-refractivity contribution >= 4 is 28.2 Å². The van der Waals surface area contributed by atoms with E-state index in [0.29, 0.717) is 21.2 Å². The monoisotopic (exact) mass is 413 g/mol. The molecule has 2 aromatic heterocycles. The van der Waals surface area contributed by atoms with Crippen molar-refractivity contribution in [2.75, 3.05) is 11.9 Å². The maximum atomic E-state index is 12.3. The minimum Gasteiger partial charge on any atom is -0.619 e. The van der Waals surface area contributed by atoms with E-state index in [-0.39, 0.29) is 11.0 Å². The summed E-state index contributed by atoms with van der Waals surface area (Å²) in [5.74, 6) is -0.668. The number of nitrogens with one attached hydrogen (secondary N) is 1. The molecular weight excluding hydrogens is 390 g/mol. The Kier molecular flexibility index (Phi) is 5.89. The molecular formula is C21H23N3O4S. The summed E-state index contributed by atoms with van der Waals surface area (Å²) in [5.41, 5.74) is 1.91. The predicted octanol–water partition coefficient (Wildman–Crippen LogP) is 3.20. The summed E-state index contributed by atoms with van der Waals surface area (Å²) >= 11 is 1.43. The van der Waals surface area contributed by atoms with Crippen LogP contribution in [0.3, 0.4) is 0 Å². The molecule has 1 atom stereocenters. The summed E-state index contributed by atoms with van der Waals surface area (Å²) in [6, 6.07) is 4.85. The largest absolute Gasteiger partial charge is 0.619 e. The Hall–Kier alpha value is -2.92. The number of thiophene rings is 1. The minimum absolute atomic E-state index is 0.183. The van der Waals surface area contributed by atoms with Crippen molar-refractivity contribution in [3.05, 3.63) is 51.3 Å². The molecule has 0 unspecified atom stereocenters. The quantitative estimate of drug-likeness (QED) is 0.471. The highest BCUT2D eigenvalue weighted by atomic mass is 32.1. The Labute approximate surface area is 173 Å². The van der Waals surface area contributed by atoms with Gasteiger partial charge < -0.3 is 15.3 Å².